The standard InChI is InChI=1S/C11H21BrN2O/c1-14(2)11(15)13-10-5-3-9(4-6-10)7-8-12/h9-10H,3-8H2,1-2H3,(H,13,15)/t9-,10-. The van der Waals surface area contributed by atoms with Crippen molar-refractivity contribution in [3.05, 3.63) is 0 Å². The molecule has 1 saturated carbocycles. The summed E-state index contributed by atoms with van der Waals surface area (Å²) in [5.41, 5.74) is 0. The van der Waals surface area contributed by atoms with Crippen LogP contribution in [-0.2, 0) is 0 Å². The van der Waals surface area contributed by atoms with Crippen molar-refractivity contribution in [2.24, 2.45) is 5.92 Å². The van der Waals surface area contributed by atoms with Crippen LogP contribution in [0.1, 0.15) is 32.1 Å². The van der Waals surface area contributed by atoms with Gasteiger partial charge in [-0.3, -0.25) is 0 Å². The molecule has 0 aliphatic heterocycles. The molecule has 1 N–H and O–H groups in total. The topological polar surface area (TPSA) is 32.3 Å². The lowest BCUT2D eigenvalue weighted by molar-refractivity contribution is 0.204. The molecule has 15 heavy (non-hydrogen) atoms. The molecule has 0 atom stereocenters. The van der Waals surface area contributed by atoms with E-state index in [0.29, 0.717) is 6.04 Å². The van der Waals surface area contributed by atoms with Gasteiger partial charge < -0.3 is 10.2 Å². The maximum atomic E-state index is 11.4. The number of hydrogen-bond donors (Lipinski definition) is 1. The van der Waals surface area contributed by atoms with Crippen LogP contribution in [0.15, 0.2) is 0 Å². The Kier molecular flexibility index (Phi) is 5.43. The molecule has 1 aliphatic carbocycles. The summed E-state index contributed by atoms with van der Waals surface area (Å²) in [6.07, 6.45) is 6.05. The molecule has 1 fully saturated rings. The van der Waals surface area contributed by atoms with Gasteiger partial charge in [0.2, 0.25) is 0 Å². The van der Waals surface area contributed by atoms with Crippen LogP contribution >= 0.6 is 15.9 Å². The summed E-state index contributed by atoms with van der Waals surface area (Å²) in [5, 5.41) is 4.16. The van der Waals surface area contributed by atoms with Crippen molar-refractivity contribution in [2.75, 3.05) is 19.4 Å². The number of urea groups is 1. The first-order chi connectivity index (χ1) is 7.13. The highest BCUT2D eigenvalue weighted by Crippen LogP contribution is 2.27. The maximum Gasteiger partial charge on any atom is 0.317 e. The largest absolute Gasteiger partial charge is 0.335 e. The molecule has 0 heterocycles. The molecule has 88 valence electrons. The highest BCUT2D eigenvalue weighted by molar-refractivity contribution is 9.09. The van der Waals surface area contributed by atoms with Crippen LogP contribution in [0.4, 0.5) is 4.79 Å². The van der Waals surface area contributed by atoms with Gasteiger partial charge in [0.25, 0.3) is 0 Å². The van der Waals surface area contributed by atoms with Crippen LogP contribution in [-0.4, -0.2) is 36.4 Å². The number of nitrogens with one attached hydrogen (secondary N) is 1. The summed E-state index contributed by atoms with van der Waals surface area (Å²) < 4.78 is 0. The number of alkyl halides is 1. The summed E-state index contributed by atoms with van der Waals surface area (Å²) in [6, 6.07) is 0.436. The number of carbonyl (C=O) groups excluding carboxylic acids is 1. The summed E-state index contributed by atoms with van der Waals surface area (Å²) >= 11 is 3.48. The predicted molar refractivity (Wildman–Crippen MR) is 66.4 cm³/mol. The lowest BCUT2D eigenvalue weighted by Crippen LogP contribution is -2.43. The zero-order valence-corrected chi connectivity index (χ0v) is 11.2. The van der Waals surface area contributed by atoms with E-state index >= 15 is 0 Å². The van der Waals surface area contributed by atoms with Gasteiger partial charge in [0, 0.05) is 25.5 Å². The first kappa shape index (κ1) is 12.8. The lowest BCUT2D eigenvalue weighted by Gasteiger charge is -2.29. The third kappa shape index (κ3) is 4.41. The predicted octanol–water partition coefficient (Wildman–Crippen LogP) is 2.60. The van der Waals surface area contributed by atoms with Gasteiger partial charge in [0.1, 0.15) is 0 Å². The van der Waals surface area contributed by atoms with E-state index in [1.54, 1.807) is 19.0 Å². The number of carbonyl (C=O) groups is 1. The van der Waals surface area contributed by atoms with E-state index in [4.69, 9.17) is 0 Å². The summed E-state index contributed by atoms with van der Waals surface area (Å²) in [6.45, 7) is 0. The molecule has 2 amide bonds. The molecule has 0 radical (unpaired) electrons. The Morgan fingerprint density at radius 1 is 1.33 bits per heavy atom. The third-order valence-corrected chi connectivity index (χ3v) is 3.56. The molecule has 0 bridgehead atoms. The summed E-state index contributed by atoms with van der Waals surface area (Å²) in [5.74, 6) is 0.858. The molecular formula is C11H21BrN2O. The number of halogens is 1. The molecule has 1 rings (SSSR count). The Labute approximate surface area is 101 Å². The normalized spacial score (nSPS) is 26.1. The van der Waals surface area contributed by atoms with Gasteiger partial charge in [-0.05, 0) is 38.0 Å². The first-order valence-corrected chi connectivity index (χ1v) is 6.79. The third-order valence-electron chi connectivity index (χ3n) is 3.10. The van der Waals surface area contributed by atoms with Gasteiger partial charge in [0.15, 0.2) is 0 Å². The molecule has 0 aromatic rings. The van der Waals surface area contributed by atoms with Gasteiger partial charge >= 0.3 is 6.03 Å². The van der Waals surface area contributed by atoms with Crippen molar-refractivity contribution in [1.82, 2.24) is 10.2 Å². The fourth-order valence-electron chi connectivity index (χ4n) is 2.05. The van der Waals surface area contributed by atoms with Crippen LogP contribution in [0, 0.1) is 5.92 Å². The Bertz CT molecular complexity index is 201. The molecule has 0 spiro atoms. The average molecular weight is 277 g/mol. The second-order valence-electron chi connectivity index (χ2n) is 4.54. The van der Waals surface area contributed by atoms with Crippen molar-refractivity contribution >= 4 is 22.0 Å². The maximum absolute atomic E-state index is 11.4. The number of nitrogens with zero attached hydrogens (tertiary/aromatic N) is 1. The molecular weight excluding hydrogens is 256 g/mol. The van der Waals surface area contributed by atoms with Gasteiger partial charge in [-0.2, -0.15) is 0 Å². The number of hydrogen-bond acceptors (Lipinski definition) is 1. The smallest absolute Gasteiger partial charge is 0.317 e. The highest BCUT2D eigenvalue weighted by Gasteiger charge is 2.22. The quantitative estimate of drug-likeness (QED) is 0.790. The summed E-state index contributed by atoms with van der Waals surface area (Å²) in [7, 11) is 3.57. The van der Waals surface area contributed by atoms with Crippen LogP contribution in [0.25, 0.3) is 0 Å². The number of amides is 2. The SMILES string of the molecule is CN(C)C(=O)N[C@H]1CC[C@H](CCBr)CC1. The molecule has 0 unspecified atom stereocenters. The minimum atomic E-state index is 0.0407. The second kappa shape index (κ2) is 6.36. The monoisotopic (exact) mass is 276 g/mol. The van der Waals surface area contributed by atoms with E-state index in [2.05, 4.69) is 21.2 Å². The Balaban J connectivity index is 2.22. The zero-order chi connectivity index (χ0) is 11.3. The van der Waals surface area contributed by atoms with E-state index in [-0.39, 0.29) is 6.03 Å². The molecule has 0 aromatic heterocycles. The minimum Gasteiger partial charge on any atom is -0.335 e. The second-order valence-corrected chi connectivity index (χ2v) is 5.33. The fourth-order valence-corrected chi connectivity index (χ4v) is 2.70. The van der Waals surface area contributed by atoms with E-state index in [0.717, 1.165) is 24.1 Å². The van der Waals surface area contributed by atoms with E-state index in [1.165, 1.54) is 19.3 Å². The van der Waals surface area contributed by atoms with Crippen LogP contribution in [0.3, 0.4) is 0 Å². The zero-order valence-electron chi connectivity index (χ0n) is 9.63. The van der Waals surface area contributed by atoms with E-state index < -0.39 is 0 Å². The van der Waals surface area contributed by atoms with Crippen molar-refractivity contribution < 1.29 is 4.79 Å². The van der Waals surface area contributed by atoms with Gasteiger partial charge in [-0.25, -0.2) is 4.79 Å². The van der Waals surface area contributed by atoms with E-state index in [9.17, 15) is 4.79 Å². The van der Waals surface area contributed by atoms with Gasteiger partial charge in [-0.15, -0.1) is 0 Å². The molecule has 4 heteroatoms. The first-order valence-electron chi connectivity index (χ1n) is 5.67. The summed E-state index contributed by atoms with van der Waals surface area (Å²) in [4.78, 5) is 13.0. The molecule has 1 aliphatic rings. The van der Waals surface area contributed by atoms with Crippen LogP contribution in [0.2, 0.25) is 0 Å². The van der Waals surface area contributed by atoms with Crippen LogP contribution < -0.4 is 5.32 Å². The van der Waals surface area contributed by atoms with Crippen molar-refractivity contribution in [3.63, 3.8) is 0 Å². The Hall–Kier alpha value is -0.250. The minimum absolute atomic E-state index is 0.0407. The Morgan fingerprint density at radius 3 is 2.40 bits per heavy atom. The molecule has 0 saturated heterocycles. The van der Waals surface area contributed by atoms with Crippen molar-refractivity contribution in [3.8, 4) is 0 Å². The highest BCUT2D eigenvalue weighted by atomic mass is 79.9. The molecule has 0 aromatic carbocycles. The average Bonchev–Trinajstić information content (AvgIpc) is 2.21. The lowest BCUT2D eigenvalue weighted by atomic mass is 9.84. The van der Waals surface area contributed by atoms with E-state index in [1.807, 2.05) is 0 Å². The fraction of sp³-hybridized carbons (Fsp3) is 0.909. The van der Waals surface area contributed by atoms with Gasteiger partial charge in [0.05, 0.1) is 0 Å². The molecule has 3 nitrogen and oxygen atoms in total. The van der Waals surface area contributed by atoms with Crippen molar-refractivity contribution in [1.29, 1.82) is 0 Å². The Morgan fingerprint density at radius 2 is 1.93 bits per heavy atom. The number of rotatable bonds is 3. The van der Waals surface area contributed by atoms with Gasteiger partial charge in [-0.1, -0.05) is 15.9 Å². The van der Waals surface area contributed by atoms with Crippen molar-refractivity contribution in [2.45, 2.75) is 38.1 Å². The van der Waals surface area contributed by atoms with Crippen LogP contribution in [0.5, 0.6) is 0 Å².